The van der Waals surface area contributed by atoms with Crippen molar-refractivity contribution in [2.24, 2.45) is 5.73 Å². The van der Waals surface area contributed by atoms with E-state index in [1.54, 1.807) is 0 Å². The number of hydrogen-bond donors (Lipinski definition) is 1. The Morgan fingerprint density at radius 1 is 1.00 bits per heavy atom. The standard InChI is InChI=1S/C18H23NO/c1-5-20-17-9-6-12(2)10-16(17)18(19)15-8-7-13(3)14(4)11-15/h6-11,18H,5,19H2,1-4H3. The van der Waals surface area contributed by atoms with Crippen molar-refractivity contribution in [2.75, 3.05) is 6.61 Å². The zero-order chi connectivity index (χ0) is 14.7. The molecule has 2 aromatic rings. The van der Waals surface area contributed by atoms with Gasteiger partial charge in [-0.2, -0.15) is 0 Å². The van der Waals surface area contributed by atoms with E-state index in [2.05, 4.69) is 51.1 Å². The maximum atomic E-state index is 6.46. The molecule has 20 heavy (non-hydrogen) atoms. The summed E-state index contributed by atoms with van der Waals surface area (Å²) in [7, 11) is 0. The highest BCUT2D eigenvalue weighted by molar-refractivity contribution is 5.45. The van der Waals surface area contributed by atoms with Crippen LogP contribution in [0.5, 0.6) is 5.75 Å². The van der Waals surface area contributed by atoms with E-state index < -0.39 is 0 Å². The van der Waals surface area contributed by atoms with Gasteiger partial charge in [-0.05, 0) is 50.5 Å². The predicted molar refractivity (Wildman–Crippen MR) is 84.3 cm³/mol. The highest BCUT2D eigenvalue weighted by atomic mass is 16.5. The van der Waals surface area contributed by atoms with Gasteiger partial charge in [-0.3, -0.25) is 0 Å². The molecule has 1 unspecified atom stereocenters. The van der Waals surface area contributed by atoms with Gasteiger partial charge in [0.05, 0.1) is 12.6 Å². The molecule has 0 aliphatic heterocycles. The molecule has 2 rings (SSSR count). The van der Waals surface area contributed by atoms with E-state index in [-0.39, 0.29) is 6.04 Å². The van der Waals surface area contributed by atoms with Gasteiger partial charge in [-0.15, -0.1) is 0 Å². The zero-order valence-electron chi connectivity index (χ0n) is 12.7. The quantitative estimate of drug-likeness (QED) is 0.908. The number of rotatable bonds is 4. The molecule has 0 radical (unpaired) electrons. The molecule has 0 heterocycles. The first-order chi connectivity index (χ1) is 9.52. The number of benzene rings is 2. The minimum Gasteiger partial charge on any atom is -0.494 e. The van der Waals surface area contributed by atoms with Crippen LogP contribution >= 0.6 is 0 Å². The summed E-state index contributed by atoms with van der Waals surface area (Å²) in [5, 5.41) is 0. The van der Waals surface area contributed by atoms with Crippen LogP contribution in [-0.4, -0.2) is 6.61 Å². The predicted octanol–water partition coefficient (Wildman–Crippen LogP) is 4.06. The molecular weight excluding hydrogens is 246 g/mol. The first kappa shape index (κ1) is 14.6. The van der Waals surface area contributed by atoms with Crippen LogP contribution in [0.4, 0.5) is 0 Å². The summed E-state index contributed by atoms with van der Waals surface area (Å²) in [6.07, 6.45) is 0. The van der Waals surface area contributed by atoms with Gasteiger partial charge in [0.2, 0.25) is 0 Å². The van der Waals surface area contributed by atoms with Crippen molar-refractivity contribution in [1.82, 2.24) is 0 Å². The molecule has 1 atom stereocenters. The summed E-state index contributed by atoms with van der Waals surface area (Å²) in [6, 6.07) is 12.4. The van der Waals surface area contributed by atoms with Crippen molar-refractivity contribution in [1.29, 1.82) is 0 Å². The van der Waals surface area contributed by atoms with E-state index in [0.29, 0.717) is 6.61 Å². The molecule has 0 fully saturated rings. The fourth-order valence-electron chi connectivity index (χ4n) is 2.34. The third-order valence-corrected chi connectivity index (χ3v) is 3.69. The fraction of sp³-hybridized carbons (Fsp3) is 0.333. The SMILES string of the molecule is CCOc1ccc(C)cc1C(N)c1ccc(C)c(C)c1. The average molecular weight is 269 g/mol. The monoisotopic (exact) mass is 269 g/mol. The summed E-state index contributed by atoms with van der Waals surface area (Å²) >= 11 is 0. The minimum absolute atomic E-state index is 0.157. The highest BCUT2D eigenvalue weighted by Crippen LogP contribution is 2.30. The lowest BCUT2D eigenvalue weighted by Gasteiger charge is -2.18. The normalized spacial score (nSPS) is 12.2. The van der Waals surface area contributed by atoms with Gasteiger partial charge in [0.25, 0.3) is 0 Å². The van der Waals surface area contributed by atoms with Gasteiger partial charge in [-0.25, -0.2) is 0 Å². The molecule has 0 aromatic heterocycles. The molecule has 0 saturated carbocycles. The van der Waals surface area contributed by atoms with Gasteiger partial charge in [0.1, 0.15) is 5.75 Å². The first-order valence-corrected chi connectivity index (χ1v) is 7.09. The largest absolute Gasteiger partial charge is 0.494 e. The molecule has 2 heteroatoms. The second-order valence-electron chi connectivity index (χ2n) is 5.30. The Bertz CT molecular complexity index is 604. The number of aryl methyl sites for hydroxylation is 3. The maximum Gasteiger partial charge on any atom is 0.124 e. The topological polar surface area (TPSA) is 35.2 Å². The van der Waals surface area contributed by atoms with E-state index in [9.17, 15) is 0 Å². The van der Waals surface area contributed by atoms with E-state index >= 15 is 0 Å². The number of hydrogen-bond acceptors (Lipinski definition) is 2. The second-order valence-corrected chi connectivity index (χ2v) is 5.30. The molecule has 2 aromatic carbocycles. The average Bonchev–Trinajstić information content (AvgIpc) is 2.43. The third kappa shape index (κ3) is 3.02. The molecule has 2 nitrogen and oxygen atoms in total. The van der Waals surface area contributed by atoms with Gasteiger partial charge >= 0.3 is 0 Å². The van der Waals surface area contributed by atoms with Crippen molar-refractivity contribution >= 4 is 0 Å². The molecular formula is C18H23NO. The molecule has 0 aliphatic rings. The van der Waals surface area contributed by atoms with Crippen LogP contribution in [0.3, 0.4) is 0 Å². The smallest absolute Gasteiger partial charge is 0.124 e. The Morgan fingerprint density at radius 2 is 1.75 bits per heavy atom. The van der Waals surface area contributed by atoms with Crippen LogP contribution in [0.1, 0.15) is 40.8 Å². The molecule has 106 valence electrons. The van der Waals surface area contributed by atoms with Gasteiger partial charge < -0.3 is 10.5 Å². The molecule has 0 bridgehead atoms. The molecule has 0 spiro atoms. The summed E-state index contributed by atoms with van der Waals surface area (Å²) in [6.45, 7) is 8.95. The van der Waals surface area contributed by atoms with Crippen molar-refractivity contribution in [2.45, 2.75) is 33.7 Å². The number of nitrogens with two attached hydrogens (primary N) is 1. The lowest BCUT2D eigenvalue weighted by atomic mass is 9.95. The van der Waals surface area contributed by atoms with Crippen molar-refractivity contribution in [3.8, 4) is 5.75 Å². The van der Waals surface area contributed by atoms with Crippen LogP contribution in [-0.2, 0) is 0 Å². The zero-order valence-corrected chi connectivity index (χ0v) is 12.7. The van der Waals surface area contributed by atoms with E-state index in [1.807, 2.05) is 13.0 Å². The number of ether oxygens (including phenoxy) is 1. The Balaban J connectivity index is 2.43. The lowest BCUT2D eigenvalue weighted by molar-refractivity contribution is 0.335. The Morgan fingerprint density at radius 3 is 2.40 bits per heavy atom. The highest BCUT2D eigenvalue weighted by Gasteiger charge is 2.15. The van der Waals surface area contributed by atoms with Gasteiger partial charge in [-0.1, -0.05) is 35.9 Å². The van der Waals surface area contributed by atoms with E-state index in [4.69, 9.17) is 10.5 Å². The first-order valence-electron chi connectivity index (χ1n) is 7.09. The second kappa shape index (κ2) is 6.10. The van der Waals surface area contributed by atoms with E-state index in [1.165, 1.54) is 16.7 Å². The van der Waals surface area contributed by atoms with Crippen molar-refractivity contribution in [3.05, 3.63) is 64.2 Å². The Hall–Kier alpha value is -1.80. The lowest BCUT2D eigenvalue weighted by Crippen LogP contribution is -2.14. The van der Waals surface area contributed by atoms with E-state index in [0.717, 1.165) is 16.9 Å². The van der Waals surface area contributed by atoms with Gasteiger partial charge in [0, 0.05) is 5.56 Å². The van der Waals surface area contributed by atoms with Crippen LogP contribution in [0.2, 0.25) is 0 Å². The molecule has 0 aliphatic carbocycles. The molecule has 2 N–H and O–H groups in total. The fourth-order valence-corrected chi connectivity index (χ4v) is 2.34. The van der Waals surface area contributed by atoms with Gasteiger partial charge in [0.15, 0.2) is 0 Å². The molecule has 0 amide bonds. The summed E-state index contributed by atoms with van der Waals surface area (Å²) in [5.41, 5.74) is 12.4. The minimum atomic E-state index is -0.157. The third-order valence-electron chi connectivity index (χ3n) is 3.69. The van der Waals surface area contributed by atoms with Crippen molar-refractivity contribution in [3.63, 3.8) is 0 Å². The van der Waals surface area contributed by atoms with Crippen LogP contribution in [0, 0.1) is 20.8 Å². The Labute approximate surface area is 121 Å². The van der Waals surface area contributed by atoms with Crippen LogP contribution < -0.4 is 10.5 Å². The summed E-state index contributed by atoms with van der Waals surface area (Å²) in [5.74, 6) is 0.879. The summed E-state index contributed by atoms with van der Waals surface area (Å²) < 4.78 is 5.71. The summed E-state index contributed by atoms with van der Waals surface area (Å²) in [4.78, 5) is 0. The van der Waals surface area contributed by atoms with Crippen LogP contribution in [0.25, 0.3) is 0 Å². The van der Waals surface area contributed by atoms with Crippen LogP contribution in [0.15, 0.2) is 36.4 Å². The maximum absolute atomic E-state index is 6.46. The molecule has 0 saturated heterocycles. The van der Waals surface area contributed by atoms with Crippen molar-refractivity contribution < 1.29 is 4.74 Å². The Kier molecular flexibility index (Phi) is 4.46.